The number of nitrogens with one attached hydrogen (secondary N) is 1. The van der Waals surface area contributed by atoms with Gasteiger partial charge in [-0.05, 0) is 44.0 Å². The van der Waals surface area contributed by atoms with E-state index in [0.717, 1.165) is 0 Å². The molecule has 1 heterocycles. The van der Waals surface area contributed by atoms with Crippen LogP contribution in [0.5, 0.6) is 0 Å². The van der Waals surface area contributed by atoms with Gasteiger partial charge in [0.2, 0.25) is 0 Å². The monoisotopic (exact) mass is 246 g/mol. The molecule has 2 heteroatoms. The van der Waals surface area contributed by atoms with Crippen molar-refractivity contribution in [2.45, 2.75) is 45.6 Å². The van der Waals surface area contributed by atoms with Crippen molar-refractivity contribution in [3.63, 3.8) is 0 Å². The predicted octanol–water partition coefficient (Wildman–Crippen LogP) is 3.52. The van der Waals surface area contributed by atoms with Crippen molar-refractivity contribution in [3.05, 3.63) is 29.3 Å². The molecule has 0 radical (unpaired) electrons. The SMILES string of the molecule is CCCCCN1CCc2cc(C(C)NC)ccc21. The van der Waals surface area contributed by atoms with Crippen LogP contribution in [0.4, 0.5) is 5.69 Å². The van der Waals surface area contributed by atoms with Crippen LogP contribution in [-0.2, 0) is 6.42 Å². The third-order valence-electron chi connectivity index (χ3n) is 4.06. The molecule has 1 aromatic rings. The molecule has 2 nitrogen and oxygen atoms in total. The van der Waals surface area contributed by atoms with Gasteiger partial charge in [-0.2, -0.15) is 0 Å². The molecule has 18 heavy (non-hydrogen) atoms. The number of unbranched alkanes of at least 4 members (excludes halogenated alkanes) is 2. The fraction of sp³-hybridized carbons (Fsp3) is 0.625. The first-order valence-electron chi connectivity index (χ1n) is 7.31. The molecule has 1 N–H and O–H groups in total. The second-order valence-corrected chi connectivity index (χ2v) is 5.34. The van der Waals surface area contributed by atoms with Crippen molar-refractivity contribution < 1.29 is 0 Å². The van der Waals surface area contributed by atoms with E-state index in [0.29, 0.717) is 6.04 Å². The lowest BCUT2D eigenvalue weighted by molar-refractivity contribution is 0.652. The predicted molar refractivity (Wildman–Crippen MR) is 79.4 cm³/mol. The Morgan fingerprint density at radius 2 is 2.17 bits per heavy atom. The molecule has 0 saturated heterocycles. The molecule has 1 atom stereocenters. The van der Waals surface area contributed by atoms with E-state index in [9.17, 15) is 0 Å². The van der Waals surface area contributed by atoms with Crippen molar-refractivity contribution in [2.24, 2.45) is 0 Å². The topological polar surface area (TPSA) is 15.3 Å². The minimum atomic E-state index is 0.449. The van der Waals surface area contributed by atoms with E-state index in [1.807, 2.05) is 7.05 Å². The zero-order valence-electron chi connectivity index (χ0n) is 12.0. The minimum absolute atomic E-state index is 0.449. The lowest BCUT2D eigenvalue weighted by atomic mass is 10.0. The standard InChI is InChI=1S/C16H26N2/c1-4-5-6-10-18-11-9-15-12-14(13(2)17-3)7-8-16(15)18/h7-8,12-13,17H,4-6,9-11H2,1-3H3. The zero-order chi connectivity index (χ0) is 13.0. The molecule has 1 unspecified atom stereocenters. The fourth-order valence-electron chi connectivity index (χ4n) is 2.71. The summed E-state index contributed by atoms with van der Waals surface area (Å²) in [5.41, 5.74) is 4.41. The summed E-state index contributed by atoms with van der Waals surface area (Å²) in [6.45, 7) is 6.91. The van der Waals surface area contributed by atoms with Crippen LogP contribution in [-0.4, -0.2) is 20.1 Å². The summed E-state index contributed by atoms with van der Waals surface area (Å²) in [5, 5.41) is 3.31. The maximum Gasteiger partial charge on any atom is 0.0399 e. The Labute approximate surface area is 111 Å². The van der Waals surface area contributed by atoms with Crippen LogP contribution in [0.25, 0.3) is 0 Å². The first kappa shape index (κ1) is 13.4. The average Bonchev–Trinajstić information content (AvgIpc) is 2.80. The Hall–Kier alpha value is -1.02. The Kier molecular flexibility index (Phi) is 4.65. The Morgan fingerprint density at radius 3 is 2.89 bits per heavy atom. The van der Waals surface area contributed by atoms with Gasteiger partial charge in [-0.15, -0.1) is 0 Å². The van der Waals surface area contributed by atoms with Gasteiger partial charge in [0.25, 0.3) is 0 Å². The van der Waals surface area contributed by atoms with Gasteiger partial charge < -0.3 is 10.2 Å². The summed E-state index contributed by atoms with van der Waals surface area (Å²) in [7, 11) is 2.02. The summed E-state index contributed by atoms with van der Waals surface area (Å²) in [5.74, 6) is 0. The highest BCUT2D eigenvalue weighted by Gasteiger charge is 2.19. The van der Waals surface area contributed by atoms with Crippen LogP contribution in [0.15, 0.2) is 18.2 Å². The number of hydrogen-bond acceptors (Lipinski definition) is 2. The molecule has 0 amide bonds. The molecule has 1 aromatic carbocycles. The van der Waals surface area contributed by atoms with Gasteiger partial charge in [0.15, 0.2) is 0 Å². The quantitative estimate of drug-likeness (QED) is 0.773. The number of anilines is 1. The number of nitrogens with zero attached hydrogens (tertiary/aromatic N) is 1. The van der Waals surface area contributed by atoms with Crippen molar-refractivity contribution in [1.82, 2.24) is 5.32 Å². The van der Waals surface area contributed by atoms with Crippen molar-refractivity contribution >= 4 is 5.69 Å². The van der Waals surface area contributed by atoms with Gasteiger partial charge in [-0.1, -0.05) is 31.9 Å². The van der Waals surface area contributed by atoms with E-state index in [2.05, 4.69) is 42.3 Å². The van der Waals surface area contributed by atoms with Crippen molar-refractivity contribution in [3.8, 4) is 0 Å². The first-order valence-corrected chi connectivity index (χ1v) is 7.31. The summed E-state index contributed by atoms with van der Waals surface area (Å²) in [6, 6.07) is 7.43. The normalized spacial score (nSPS) is 15.8. The minimum Gasteiger partial charge on any atom is -0.371 e. The van der Waals surface area contributed by atoms with Gasteiger partial charge in [0.1, 0.15) is 0 Å². The molecule has 0 aliphatic carbocycles. The Bertz CT molecular complexity index is 387. The lowest BCUT2D eigenvalue weighted by Crippen LogP contribution is -2.21. The summed E-state index contributed by atoms with van der Waals surface area (Å²) >= 11 is 0. The van der Waals surface area contributed by atoms with E-state index in [1.165, 1.54) is 55.6 Å². The second kappa shape index (κ2) is 6.24. The van der Waals surface area contributed by atoms with Crippen LogP contribution in [0.2, 0.25) is 0 Å². The maximum atomic E-state index is 3.31. The van der Waals surface area contributed by atoms with Crippen molar-refractivity contribution in [2.75, 3.05) is 25.0 Å². The van der Waals surface area contributed by atoms with Gasteiger partial charge in [0.05, 0.1) is 0 Å². The van der Waals surface area contributed by atoms with Crippen LogP contribution >= 0.6 is 0 Å². The molecular weight excluding hydrogens is 220 g/mol. The molecule has 0 fully saturated rings. The summed E-state index contributed by atoms with van der Waals surface area (Å²) < 4.78 is 0. The van der Waals surface area contributed by atoms with Crippen LogP contribution in [0, 0.1) is 0 Å². The van der Waals surface area contributed by atoms with Crippen LogP contribution in [0.1, 0.15) is 50.3 Å². The lowest BCUT2D eigenvalue weighted by Gasteiger charge is -2.20. The molecule has 100 valence electrons. The summed E-state index contributed by atoms with van der Waals surface area (Å²) in [6.07, 6.45) is 5.19. The summed E-state index contributed by atoms with van der Waals surface area (Å²) in [4.78, 5) is 2.55. The highest BCUT2D eigenvalue weighted by Crippen LogP contribution is 2.30. The number of hydrogen-bond donors (Lipinski definition) is 1. The van der Waals surface area contributed by atoms with Crippen LogP contribution in [0.3, 0.4) is 0 Å². The smallest absolute Gasteiger partial charge is 0.0399 e. The number of benzene rings is 1. The van der Waals surface area contributed by atoms with E-state index in [1.54, 1.807) is 0 Å². The molecular formula is C16H26N2. The molecule has 1 aliphatic rings. The fourth-order valence-corrected chi connectivity index (χ4v) is 2.71. The average molecular weight is 246 g/mol. The maximum absolute atomic E-state index is 3.31. The Morgan fingerprint density at radius 1 is 1.33 bits per heavy atom. The first-order chi connectivity index (χ1) is 8.76. The van der Waals surface area contributed by atoms with Crippen molar-refractivity contribution in [1.29, 1.82) is 0 Å². The van der Waals surface area contributed by atoms with E-state index < -0.39 is 0 Å². The largest absolute Gasteiger partial charge is 0.371 e. The Balaban J connectivity index is 2.05. The highest BCUT2D eigenvalue weighted by atomic mass is 15.1. The molecule has 0 spiro atoms. The molecule has 0 saturated carbocycles. The van der Waals surface area contributed by atoms with Crippen LogP contribution < -0.4 is 10.2 Å². The molecule has 0 bridgehead atoms. The number of rotatable bonds is 6. The second-order valence-electron chi connectivity index (χ2n) is 5.34. The molecule has 0 aromatic heterocycles. The van der Waals surface area contributed by atoms with Gasteiger partial charge >= 0.3 is 0 Å². The van der Waals surface area contributed by atoms with E-state index in [-0.39, 0.29) is 0 Å². The van der Waals surface area contributed by atoms with E-state index in [4.69, 9.17) is 0 Å². The third-order valence-corrected chi connectivity index (χ3v) is 4.06. The molecule has 1 aliphatic heterocycles. The van der Waals surface area contributed by atoms with Gasteiger partial charge in [-0.25, -0.2) is 0 Å². The molecule has 2 rings (SSSR count). The van der Waals surface area contributed by atoms with E-state index >= 15 is 0 Å². The number of fused-ring (bicyclic) bond motifs is 1. The van der Waals surface area contributed by atoms with Gasteiger partial charge in [-0.3, -0.25) is 0 Å². The van der Waals surface area contributed by atoms with Gasteiger partial charge in [0, 0.05) is 24.8 Å². The highest BCUT2D eigenvalue weighted by molar-refractivity contribution is 5.59. The zero-order valence-corrected chi connectivity index (χ0v) is 12.0. The third kappa shape index (κ3) is 2.86.